The highest BCUT2D eigenvalue weighted by Crippen LogP contribution is 2.23. The van der Waals surface area contributed by atoms with Crippen LogP contribution in [-0.2, 0) is 0 Å². The van der Waals surface area contributed by atoms with E-state index in [-0.39, 0.29) is 24.0 Å². The van der Waals surface area contributed by atoms with E-state index in [1.165, 1.54) is 18.2 Å². The van der Waals surface area contributed by atoms with Crippen LogP contribution >= 0.6 is 0 Å². The molecule has 0 radical (unpaired) electrons. The molecule has 0 bridgehead atoms. The average molecular weight is 335 g/mol. The molecule has 6 heteroatoms. The zero-order valence-electron chi connectivity index (χ0n) is 13.0. The largest absolute Gasteiger partial charge is 0.434 e. The van der Waals surface area contributed by atoms with E-state index in [2.05, 4.69) is 10.1 Å². The highest BCUT2D eigenvalue weighted by molar-refractivity contribution is 5.97. The second-order valence-electron chi connectivity index (χ2n) is 5.18. The summed E-state index contributed by atoms with van der Waals surface area (Å²) in [5.74, 6) is -0.669. The van der Waals surface area contributed by atoms with Gasteiger partial charge >= 0.3 is 6.61 Å². The van der Waals surface area contributed by atoms with Gasteiger partial charge in [0.25, 0.3) is 5.91 Å². The van der Waals surface area contributed by atoms with Gasteiger partial charge in [-0.25, -0.2) is 0 Å². The Morgan fingerprint density at radius 3 is 2.42 bits per heavy atom. The molecule has 0 saturated heterocycles. The molecular formula is C18H19F2NO3. The number of aliphatic hydroxyl groups is 1. The van der Waals surface area contributed by atoms with Gasteiger partial charge in [0.05, 0.1) is 11.6 Å². The van der Waals surface area contributed by atoms with Crippen LogP contribution in [0.1, 0.15) is 34.8 Å². The quantitative estimate of drug-likeness (QED) is 0.776. The second kappa shape index (κ2) is 8.98. The van der Waals surface area contributed by atoms with Crippen LogP contribution in [0, 0.1) is 0 Å². The van der Waals surface area contributed by atoms with Crippen molar-refractivity contribution in [3.05, 3.63) is 65.7 Å². The van der Waals surface area contributed by atoms with Gasteiger partial charge in [-0.3, -0.25) is 4.79 Å². The fourth-order valence-electron chi connectivity index (χ4n) is 2.39. The number of ether oxygens (including phenoxy) is 1. The molecule has 0 aromatic heterocycles. The number of alkyl halides is 2. The molecular weight excluding hydrogens is 316 g/mol. The maximum Gasteiger partial charge on any atom is 0.387 e. The number of carbonyl (C=O) groups excluding carboxylic acids is 1. The van der Waals surface area contributed by atoms with Gasteiger partial charge in [0.1, 0.15) is 5.75 Å². The first-order chi connectivity index (χ1) is 11.6. The lowest BCUT2D eigenvalue weighted by Gasteiger charge is -2.20. The number of carbonyl (C=O) groups is 1. The molecule has 4 nitrogen and oxygen atoms in total. The van der Waals surface area contributed by atoms with Crippen molar-refractivity contribution in [1.82, 2.24) is 5.32 Å². The Morgan fingerprint density at radius 2 is 1.75 bits per heavy atom. The summed E-state index contributed by atoms with van der Waals surface area (Å²) in [6.45, 7) is -3.00. The Bertz CT molecular complexity index is 650. The maximum atomic E-state index is 12.5. The highest BCUT2D eigenvalue weighted by Gasteiger charge is 2.19. The van der Waals surface area contributed by atoms with Crippen molar-refractivity contribution in [3.63, 3.8) is 0 Å². The summed E-state index contributed by atoms with van der Waals surface area (Å²) < 4.78 is 29.4. The fourth-order valence-corrected chi connectivity index (χ4v) is 2.39. The number of hydrogen-bond donors (Lipinski definition) is 2. The van der Waals surface area contributed by atoms with Crippen LogP contribution in [0.2, 0.25) is 0 Å². The maximum absolute atomic E-state index is 12.5. The van der Waals surface area contributed by atoms with Crippen LogP contribution in [-0.4, -0.2) is 24.2 Å². The van der Waals surface area contributed by atoms with Crippen molar-refractivity contribution in [1.29, 1.82) is 0 Å². The van der Waals surface area contributed by atoms with Crippen LogP contribution in [0.5, 0.6) is 5.75 Å². The molecule has 1 amide bonds. The van der Waals surface area contributed by atoms with Crippen molar-refractivity contribution in [2.24, 2.45) is 0 Å². The first-order valence-corrected chi connectivity index (χ1v) is 7.62. The lowest BCUT2D eigenvalue weighted by molar-refractivity contribution is -0.0501. The predicted molar refractivity (Wildman–Crippen MR) is 86.0 cm³/mol. The molecule has 2 aromatic rings. The van der Waals surface area contributed by atoms with E-state index < -0.39 is 12.5 Å². The van der Waals surface area contributed by atoms with E-state index >= 15 is 0 Å². The Hall–Kier alpha value is -2.47. The smallest absolute Gasteiger partial charge is 0.387 e. The van der Waals surface area contributed by atoms with Gasteiger partial charge in [0, 0.05) is 6.61 Å². The van der Waals surface area contributed by atoms with Crippen LogP contribution in [0.25, 0.3) is 0 Å². The Kier molecular flexibility index (Phi) is 6.69. The van der Waals surface area contributed by atoms with Crippen molar-refractivity contribution in [3.8, 4) is 5.75 Å². The SMILES string of the molecule is O=C(NC(CCCO)c1ccccc1)c1ccccc1OC(F)F. The minimum absolute atomic E-state index is 0.00425. The van der Waals surface area contributed by atoms with E-state index in [1.807, 2.05) is 30.3 Å². The molecule has 0 heterocycles. The van der Waals surface area contributed by atoms with E-state index in [4.69, 9.17) is 5.11 Å². The van der Waals surface area contributed by atoms with Gasteiger partial charge in [0.2, 0.25) is 0 Å². The summed E-state index contributed by atoms with van der Waals surface area (Å²) in [5, 5.41) is 11.9. The molecule has 2 aromatic carbocycles. The van der Waals surface area contributed by atoms with Gasteiger partial charge in [0.15, 0.2) is 0 Å². The number of halogens is 2. The van der Waals surface area contributed by atoms with Gasteiger partial charge in [-0.15, -0.1) is 0 Å². The van der Waals surface area contributed by atoms with E-state index in [0.29, 0.717) is 12.8 Å². The zero-order valence-corrected chi connectivity index (χ0v) is 13.0. The number of aliphatic hydroxyl groups excluding tert-OH is 1. The van der Waals surface area contributed by atoms with E-state index in [9.17, 15) is 13.6 Å². The number of nitrogens with one attached hydrogen (secondary N) is 1. The summed E-state index contributed by atoms with van der Waals surface area (Å²) >= 11 is 0. The molecule has 0 aliphatic carbocycles. The van der Waals surface area contributed by atoms with E-state index in [0.717, 1.165) is 5.56 Å². The molecule has 2 N–H and O–H groups in total. The summed E-state index contributed by atoms with van der Waals surface area (Å²) in [5.41, 5.74) is 0.925. The Morgan fingerprint density at radius 1 is 1.08 bits per heavy atom. The standard InChI is InChI=1S/C18H19F2NO3/c19-18(20)24-16-11-5-4-9-14(16)17(23)21-15(10-6-12-22)13-7-2-1-3-8-13/h1-5,7-9,11,15,18,22H,6,10,12H2,(H,21,23). The monoisotopic (exact) mass is 335 g/mol. The minimum Gasteiger partial charge on any atom is -0.434 e. The van der Waals surface area contributed by atoms with Crippen molar-refractivity contribution in [2.45, 2.75) is 25.5 Å². The van der Waals surface area contributed by atoms with Crippen molar-refractivity contribution < 1.29 is 23.4 Å². The zero-order chi connectivity index (χ0) is 17.4. The van der Waals surface area contributed by atoms with Crippen molar-refractivity contribution in [2.75, 3.05) is 6.61 Å². The number of benzene rings is 2. The van der Waals surface area contributed by atoms with Gasteiger partial charge in [-0.05, 0) is 30.5 Å². The highest BCUT2D eigenvalue weighted by atomic mass is 19.3. The van der Waals surface area contributed by atoms with Crippen LogP contribution in [0.3, 0.4) is 0 Å². The molecule has 2 rings (SSSR count). The third-order valence-corrected chi connectivity index (χ3v) is 3.51. The summed E-state index contributed by atoms with van der Waals surface area (Å²) in [6, 6.07) is 14.8. The second-order valence-corrected chi connectivity index (χ2v) is 5.18. The summed E-state index contributed by atoms with van der Waals surface area (Å²) in [4.78, 5) is 12.5. The average Bonchev–Trinajstić information content (AvgIpc) is 2.59. The van der Waals surface area contributed by atoms with Gasteiger partial charge in [-0.1, -0.05) is 42.5 Å². The Balaban J connectivity index is 2.19. The molecule has 128 valence electrons. The Labute approximate surface area is 139 Å². The van der Waals surface area contributed by atoms with Crippen LogP contribution in [0.15, 0.2) is 54.6 Å². The van der Waals surface area contributed by atoms with Crippen LogP contribution in [0.4, 0.5) is 8.78 Å². The lowest BCUT2D eigenvalue weighted by atomic mass is 10.0. The normalized spacial score (nSPS) is 12.0. The molecule has 1 unspecified atom stereocenters. The number of hydrogen-bond acceptors (Lipinski definition) is 3. The predicted octanol–water partition coefficient (Wildman–Crippen LogP) is 3.53. The molecule has 1 atom stereocenters. The molecule has 0 spiro atoms. The number of para-hydroxylation sites is 1. The molecule has 24 heavy (non-hydrogen) atoms. The molecule has 0 saturated carbocycles. The third-order valence-electron chi connectivity index (χ3n) is 3.51. The third kappa shape index (κ3) is 5.03. The summed E-state index contributed by atoms with van der Waals surface area (Å²) in [6.07, 6.45) is 1.04. The summed E-state index contributed by atoms with van der Waals surface area (Å²) in [7, 11) is 0. The number of amides is 1. The fraction of sp³-hybridized carbons (Fsp3) is 0.278. The lowest BCUT2D eigenvalue weighted by Crippen LogP contribution is -2.29. The van der Waals surface area contributed by atoms with Crippen molar-refractivity contribution >= 4 is 5.91 Å². The molecule has 0 aliphatic rings. The molecule has 0 aliphatic heterocycles. The first kappa shape index (κ1) is 17.9. The molecule has 0 fully saturated rings. The topological polar surface area (TPSA) is 58.6 Å². The van der Waals surface area contributed by atoms with Gasteiger partial charge in [-0.2, -0.15) is 8.78 Å². The first-order valence-electron chi connectivity index (χ1n) is 7.62. The van der Waals surface area contributed by atoms with Gasteiger partial charge < -0.3 is 15.2 Å². The van der Waals surface area contributed by atoms with Crippen LogP contribution < -0.4 is 10.1 Å². The van der Waals surface area contributed by atoms with E-state index in [1.54, 1.807) is 6.07 Å². The number of rotatable bonds is 8. The minimum atomic E-state index is -3.00.